The van der Waals surface area contributed by atoms with Crippen molar-refractivity contribution in [3.05, 3.63) is 52.4 Å². The van der Waals surface area contributed by atoms with Crippen LogP contribution in [0.3, 0.4) is 0 Å². The Balaban J connectivity index is 1.18. The maximum Gasteiger partial charge on any atom is 0.155 e. The van der Waals surface area contributed by atoms with E-state index in [1.165, 1.54) is 5.69 Å². The Bertz CT molecular complexity index is 711. The van der Waals surface area contributed by atoms with E-state index >= 15 is 0 Å². The summed E-state index contributed by atoms with van der Waals surface area (Å²) < 4.78 is 12.7. The topological polar surface area (TPSA) is 45.2 Å². The Kier molecular flexibility index (Phi) is 6.60. The van der Waals surface area contributed by atoms with Crippen molar-refractivity contribution in [2.45, 2.75) is 37.9 Å². The first-order valence-corrected chi connectivity index (χ1v) is 11.1. The van der Waals surface area contributed by atoms with Gasteiger partial charge in [0.15, 0.2) is 6.10 Å². The lowest BCUT2D eigenvalue weighted by atomic mass is 10.0. The third kappa shape index (κ3) is 4.91. The number of piperazine rings is 1. The van der Waals surface area contributed by atoms with Crippen LogP contribution in [0.5, 0.6) is 0 Å². The van der Waals surface area contributed by atoms with Crippen LogP contribution in [0.4, 0.5) is 5.69 Å². The van der Waals surface area contributed by atoms with E-state index in [0.717, 1.165) is 75.2 Å². The summed E-state index contributed by atoms with van der Waals surface area (Å²) in [7, 11) is 0. The van der Waals surface area contributed by atoms with Crippen molar-refractivity contribution < 1.29 is 14.6 Å². The highest BCUT2D eigenvalue weighted by molar-refractivity contribution is 9.10. The Labute approximate surface area is 175 Å². The summed E-state index contributed by atoms with van der Waals surface area (Å²) in [5, 5.41) is 10.5. The molecular formula is C22H29BrN2O3. The zero-order valence-corrected chi connectivity index (χ0v) is 17.8. The summed E-state index contributed by atoms with van der Waals surface area (Å²) in [6.45, 7) is 6.02. The summed E-state index contributed by atoms with van der Waals surface area (Å²) in [6, 6.07) is 8.54. The van der Waals surface area contributed by atoms with Gasteiger partial charge in [0.25, 0.3) is 0 Å². The molecule has 0 amide bonds. The van der Waals surface area contributed by atoms with Crippen molar-refractivity contribution in [1.29, 1.82) is 0 Å². The molecular weight excluding hydrogens is 420 g/mol. The molecule has 0 spiro atoms. The first-order valence-electron chi connectivity index (χ1n) is 10.3. The predicted octanol–water partition coefficient (Wildman–Crippen LogP) is 3.69. The molecule has 0 bridgehead atoms. The lowest BCUT2D eigenvalue weighted by molar-refractivity contribution is -0.00169. The summed E-state index contributed by atoms with van der Waals surface area (Å²) >= 11 is 3.50. The van der Waals surface area contributed by atoms with Crippen molar-refractivity contribution in [2.24, 2.45) is 0 Å². The van der Waals surface area contributed by atoms with Gasteiger partial charge >= 0.3 is 0 Å². The van der Waals surface area contributed by atoms with Crippen molar-refractivity contribution in [1.82, 2.24) is 4.90 Å². The third-order valence-corrected chi connectivity index (χ3v) is 6.26. The van der Waals surface area contributed by atoms with Gasteiger partial charge in [-0.25, -0.2) is 0 Å². The highest BCUT2D eigenvalue weighted by Gasteiger charge is 2.28. The van der Waals surface area contributed by atoms with Gasteiger partial charge in [0.05, 0.1) is 6.61 Å². The first-order chi connectivity index (χ1) is 13.7. The molecule has 3 aliphatic rings. The minimum absolute atomic E-state index is 0.00455. The first kappa shape index (κ1) is 19.8. The lowest BCUT2D eigenvalue weighted by Crippen LogP contribution is -2.46. The van der Waals surface area contributed by atoms with Crippen molar-refractivity contribution >= 4 is 21.6 Å². The molecule has 2 fully saturated rings. The highest BCUT2D eigenvalue weighted by Crippen LogP contribution is 2.28. The Morgan fingerprint density at radius 2 is 1.89 bits per heavy atom. The van der Waals surface area contributed by atoms with Crippen molar-refractivity contribution in [2.75, 3.05) is 44.2 Å². The van der Waals surface area contributed by atoms with Crippen LogP contribution >= 0.6 is 15.9 Å². The van der Waals surface area contributed by atoms with Crippen LogP contribution in [-0.4, -0.2) is 61.5 Å². The Hall–Kier alpha value is -1.50. The van der Waals surface area contributed by atoms with E-state index in [-0.39, 0.29) is 6.10 Å². The molecule has 6 heteroatoms. The molecule has 5 nitrogen and oxygen atoms in total. The van der Waals surface area contributed by atoms with Crippen LogP contribution < -0.4 is 4.90 Å². The van der Waals surface area contributed by atoms with E-state index in [4.69, 9.17) is 9.47 Å². The molecule has 3 aliphatic heterocycles. The van der Waals surface area contributed by atoms with Crippen molar-refractivity contribution in [3.63, 3.8) is 0 Å². The van der Waals surface area contributed by atoms with Crippen LogP contribution in [0.2, 0.25) is 0 Å². The fourth-order valence-corrected chi connectivity index (χ4v) is 4.32. The van der Waals surface area contributed by atoms with Crippen LogP contribution in [0.1, 0.15) is 25.7 Å². The fraction of sp³-hybridized carbons (Fsp3) is 0.545. The normalized spacial score (nSPS) is 23.8. The average molecular weight is 449 g/mol. The van der Waals surface area contributed by atoms with Crippen LogP contribution in [-0.2, 0) is 9.47 Å². The van der Waals surface area contributed by atoms with Crippen molar-refractivity contribution in [3.8, 4) is 0 Å². The molecule has 0 aliphatic carbocycles. The molecule has 2 unspecified atom stereocenters. The van der Waals surface area contributed by atoms with Gasteiger partial charge in [-0.05, 0) is 68.6 Å². The van der Waals surface area contributed by atoms with Crippen LogP contribution in [0.15, 0.2) is 52.4 Å². The second-order valence-corrected chi connectivity index (χ2v) is 8.61. The molecule has 1 aromatic rings. The standard InChI is InChI=1S/C22H29BrN2O3/c23-17-5-7-18(8-6-17)25-14-12-24(13-15-25)11-1-3-19(26)20-9-10-21-22(28-20)4-2-16-27-21/h5-10,19,22,26H,1-4,11-16H2. The van der Waals surface area contributed by atoms with Gasteiger partial charge in [-0.3, -0.25) is 4.90 Å². The van der Waals surface area contributed by atoms with Crippen LogP contribution in [0.25, 0.3) is 0 Å². The molecule has 2 atom stereocenters. The number of ether oxygens (including phenoxy) is 2. The number of hydrogen-bond donors (Lipinski definition) is 1. The van der Waals surface area contributed by atoms with Gasteiger partial charge < -0.3 is 19.5 Å². The maximum atomic E-state index is 10.5. The third-order valence-electron chi connectivity index (χ3n) is 5.73. The fourth-order valence-electron chi connectivity index (χ4n) is 4.06. The number of aliphatic hydroxyl groups is 1. The second-order valence-electron chi connectivity index (χ2n) is 7.70. The van der Waals surface area contributed by atoms with Crippen LogP contribution in [0, 0.1) is 0 Å². The zero-order chi connectivity index (χ0) is 19.3. The quantitative estimate of drug-likeness (QED) is 0.718. The summed E-state index contributed by atoms with van der Waals surface area (Å²) in [4.78, 5) is 4.93. The largest absolute Gasteiger partial charge is 0.494 e. The zero-order valence-electron chi connectivity index (χ0n) is 16.2. The number of allylic oxidation sites excluding steroid dienone is 2. The molecule has 1 N–H and O–H groups in total. The smallest absolute Gasteiger partial charge is 0.155 e. The SMILES string of the molecule is OC(CCCN1CCN(c2ccc(Br)cc2)CC1)C1=CC=C2OCCCC2O1. The van der Waals surface area contributed by atoms with E-state index in [1.807, 2.05) is 12.2 Å². The number of halogens is 1. The van der Waals surface area contributed by atoms with E-state index < -0.39 is 6.10 Å². The molecule has 28 heavy (non-hydrogen) atoms. The Morgan fingerprint density at radius 3 is 2.68 bits per heavy atom. The maximum absolute atomic E-state index is 10.5. The summed E-state index contributed by atoms with van der Waals surface area (Å²) in [6.07, 6.45) is 6.99. The molecule has 0 saturated carbocycles. The second kappa shape index (κ2) is 9.33. The van der Waals surface area contributed by atoms with Gasteiger partial charge in [0.1, 0.15) is 17.6 Å². The molecule has 152 valence electrons. The molecule has 0 aromatic heterocycles. The van der Waals surface area contributed by atoms with Gasteiger partial charge in [0, 0.05) is 36.3 Å². The number of nitrogens with zero attached hydrogens (tertiary/aromatic N) is 2. The number of anilines is 1. The average Bonchev–Trinajstić information content (AvgIpc) is 2.74. The van der Waals surface area contributed by atoms with E-state index in [2.05, 4.69) is 50.0 Å². The number of rotatable bonds is 6. The molecule has 3 heterocycles. The predicted molar refractivity (Wildman–Crippen MR) is 114 cm³/mol. The van der Waals surface area contributed by atoms with Gasteiger partial charge in [-0.1, -0.05) is 15.9 Å². The lowest BCUT2D eigenvalue weighted by Gasteiger charge is -2.36. The molecule has 4 rings (SSSR count). The van der Waals surface area contributed by atoms with E-state index in [9.17, 15) is 5.11 Å². The van der Waals surface area contributed by atoms with Gasteiger partial charge in [0.2, 0.25) is 0 Å². The number of fused-ring (bicyclic) bond motifs is 1. The Morgan fingerprint density at radius 1 is 1.11 bits per heavy atom. The summed E-state index contributed by atoms with van der Waals surface area (Å²) in [5.41, 5.74) is 1.29. The number of hydrogen-bond acceptors (Lipinski definition) is 5. The molecule has 1 aromatic carbocycles. The van der Waals surface area contributed by atoms with E-state index in [0.29, 0.717) is 5.76 Å². The summed E-state index contributed by atoms with van der Waals surface area (Å²) in [5.74, 6) is 1.60. The molecule has 2 saturated heterocycles. The number of aliphatic hydroxyl groups excluding tert-OH is 1. The number of benzene rings is 1. The molecule has 0 radical (unpaired) electrons. The monoisotopic (exact) mass is 448 g/mol. The highest BCUT2D eigenvalue weighted by atomic mass is 79.9. The van der Waals surface area contributed by atoms with E-state index in [1.54, 1.807) is 0 Å². The minimum Gasteiger partial charge on any atom is -0.494 e. The minimum atomic E-state index is -0.524. The van der Waals surface area contributed by atoms with Gasteiger partial charge in [-0.2, -0.15) is 0 Å². The van der Waals surface area contributed by atoms with Gasteiger partial charge in [-0.15, -0.1) is 0 Å².